The molecule has 0 fully saturated rings. The number of ether oxygens (including phenoxy) is 1. The third-order valence-electron chi connectivity index (χ3n) is 3.63. The lowest BCUT2D eigenvalue weighted by molar-refractivity contribution is 0.284. The van der Waals surface area contributed by atoms with Crippen molar-refractivity contribution in [2.75, 3.05) is 20.2 Å². The van der Waals surface area contributed by atoms with E-state index < -0.39 is 0 Å². The minimum absolute atomic E-state index is 0.131. The first kappa shape index (κ1) is 13.9. The molecule has 0 radical (unpaired) electrons. The van der Waals surface area contributed by atoms with Crippen molar-refractivity contribution in [1.82, 2.24) is 4.90 Å². The molecule has 19 heavy (non-hydrogen) atoms. The van der Waals surface area contributed by atoms with Gasteiger partial charge in [-0.3, -0.25) is 0 Å². The van der Waals surface area contributed by atoms with Crippen LogP contribution in [0.1, 0.15) is 30.9 Å². The lowest BCUT2D eigenvalue weighted by atomic mass is 10.0. The fourth-order valence-electron chi connectivity index (χ4n) is 2.53. The lowest BCUT2D eigenvalue weighted by Gasteiger charge is -2.21. The third-order valence-corrected chi connectivity index (χ3v) is 3.63. The van der Waals surface area contributed by atoms with Gasteiger partial charge in [0.1, 0.15) is 5.75 Å². The van der Waals surface area contributed by atoms with E-state index in [1.165, 1.54) is 11.1 Å². The molecule has 1 heterocycles. The van der Waals surface area contributed by atoms with Crippen LogP contribution in [0, 0.1) is 17.2 Å². The number of benzene rings is 1. The maximum Gasteiger partial charge on any atom is 0.122 e. The van der Waals surface area contributed by atoms with Gasteiger partial charge in [0.15, 0.2) is 0 Å². The molecule has 1 aliphatic heterocycles. The molecule has 1 atom stereocenters. The van der Waals surface area contributed by atoms with Crippen LogP contribution in [0.15, 0.2) is 18.2 Å². The first-order chi connectivity index (χ1) is 9.22. The van der Waals surface area contributed by atoms with Gasteiger partial charge < -0.3 is 9.64 Å². The van der Waals surface area contributed by atoms with E-state index in [0.29, 0.717) is 0 Å². The summed E-state index contributed by atoms with van der Waals surface area (Å²) in [5.74, 6) is 1.17. The van der Waals surface area contributed by atoms with Crippen LogP contribution in [0.5, 0.6) is 5.75 Å². The Balaban J connectivity index is 1.97. The van der Waals surface area contributed by atoms with Crippen molar-refractivity contribution in [3.8, 4) is 11.8 Å². The number of aryl methyl sites for hydroxylation is 1. The Kier molecular flexibility index (Phi) is 4.81. The number of hydrogen-bond donors (Lipinski definition) is 0. The summed E-state index contributed by atoms with van der Waals surface area (Å²) in [5, 5.41) is 9.01. The average Bonchev–Trinajstić information content (AvgIpc) is 2.44. The Hall–Kier alpha value is -1.53. The van der Waals surface area contributed by atoms with E-state index in [-0.39, 0.29) is 5.92 Å². The molecule has 0 spiro atoms. The van der Waals surface area contributed by atoms with Gasteiger partial charge in [-0.05, 0) is 43.5 Å². The van der Waals surface area contributed by atoms with E-state index in [0.717, 1.165) is 44.7 Å². The summed E-state index contributed by atoms with van der Waals surface area (Å²) >= 11 is 0. The zero-order valence-corrected chi connectivity index (χ0v) is 11.9. The van der Waals surface area contributed by atoms with Crippen molar-refractivity contribution in [2.45, 2.75) is 32.7 Å². The van der Waals surface area contributed by atoms with Gasteiger partial charge in [0.25, 0.3) is 0 Å². The fraction of sp³-hybridized carbons (Fsp3) is 0.562. The fourth-order valence-corrected chi connectivity index (χ4v) is 2.53. The van der Waals surface area contributed by atoms with Crippen molar-refractivity contribution in [1.29, 1.82) is 5.26 Å². The molecule has 1 unspecified atom stereocenters. The molecular weight excluding hydrogens is 236 g/mol. The molecule has 0 amide bonds. The van der Waals surface area contributed by atoms with Crippen LogP contribution >= 0.6 is 0 Å². The Labute approximate surface area is 115 Å². The Morgan fingerprint density at radius 1 is 1.47 bits per heavy atom. The van der Waals surface area contributed by atoms with Gasteiger partial charge >= 0.3 is 0 Å². The van der Waals surface area contributed by atoms with Crippen LogP contribution in [0.4, 0.5) is 0 Å². The molecule has 1 aromatic carbocycles. The summed E-state index contributed by atoms with van der Waals surface area (Å²) in [7, 11) is 2.08. The van der Waals surface area contributed by atoms with Gasteiger partial charge in [-0.2, -0.15) is 5.26 Å². The molecule has 3 heteroatoms. The van der Waals surface area contributed by atoms with E-state index in [4.69, 9.17) is 10.00 Å². The predicted octanol–water partition coefficient (Wildman–Crippen LogP) is 2.99. The second-order valence-electron chi connectivity index (χ2n) is 5.33. The van der Waals surface area contributed by atoms with Crippen molar-refractivity contribution in [3.63, 3.8) is 0 Å². The average molecular weight is 258 g/mol. The van der Waals surface area contributed by atoms with Crippen LogP contribution in [0.2, 0.25) is 0 Å². The smallest absolute Gasteiger partial charge is 0.122 e. The second kappa shape index (κ2) is 6.58. The highest BCUT2D eigenvalue weighted by Gasteiger charge is 2.12. The van der Waals surface area contributed by atoms with E-state index in [9.17, 15) is 0 Å². The van der Waals surface area contributed by atoms with E-state index >= 15 is 0 Å². The SMILES string of the molecule is CCC(C#N)CN(C)Cc1ccc2c(c1)CCCO2. The summed E-state index contributed by atoms with van der Waals surface area (Å²) in [6.45, 7) is 4.64. The molecule has 1 aromatic rings. The molecule has 102 valence electrons. The van der Waals surface area contributed by atoms with Gasteiger partial charge in [0, 0.05) is 13.1 Å². The standard InChI is InChI=1S/C16H22N2O/c1-3-13(10-17)11-18(2)12-14-6-7-16-15(9-14)5-4-8-19-16/h6-7,9,13H,3-5,8,11-12H2,1-2H3. The van der Waals surface area contributed by atoms with E-state index in [1.807, 2.05) is 0 Å². The van der Waals surface area contributed by atoms with Gasteiger partial charge in [-0.25, -0.2) is 0 Å². The quantitative estimate of drug-likeness (QED) is 0.814. The van der Waals surface area contributed by atoms with E-state index in [2.05, 4.69) is 43.1 Å². The highest BCUT2D eigenvalue weighted by atomic mass is 16.5. The summed E-state index contributed by atoms with van der Waals surface area (Å²) in [6.07, 6.45) is 3.14. The molecule has 0 bridgehead atoms. The molecule has 0 saturated carbocycles. The zero-order valence-electron chi connectivity index (χ0n) is 11.9. The minimum Gasteiger partial charge on any atom is -0.493 e. The third kappa shape index (κ3) is 3.71. The number of fused-ring (bicyclic) bond motifs is 1. The Bertz CT molecular complexity index is 464. The van der Waals surface area contributed by atoms with Crippen LogP contribution in [0.25, 0.3) is 0 Å². The summed E-state index contributed by atoms with van der Waals surface area (Å²) in [5.41, 5.74) is 2.63. The van der Waals surface area contributed by atoms with Crippen LogP contribution in [-0.2, 0) is 13.0 Å². The lowest BCUT2D eigenvalue weighted by Crippen LogP contribution is -2.24. The van der Waals surface area contributed by atoms with Gasteiger partial charge in [-0.15, -0.1) is 0 Å². The summed E-state index contributed by atoms with van der Waals surface area (Å²) in [6, 6.07) is 8.82. The highest BCUT2D eigenvalue weighted by Crippen LogP contribution is 2.26. The monoisotopic (exact) mass is 258 g/mol. The first-order valence-electron chi connectivity index (χ1n) is 7.05. The zero-order chi connectivity index (χ0) is 13.7. The van der Waals surface area contributed by atoms with Gasteiger partial charge in [-0.1, -0.05) is 19.1 Å². The van der Waals surface area contributed by atoms with Crippen LogP contribution in [-0.4, -0.2) is 25.1 Å². The maximum atomic E-state index is 9.01. The van der Waals surface area contributed by atoms with Crippen LogP contribution in [0.3, 0.4) is 0 Å². The Morgan fingerprint density at radius 2 is 2.32 bits per heavy atom. The second-order valence-corrected chi connectivity index (χ2v) is 5.33. The number of nitrogens with zero attached hydrogens (tertiary/aromatic N) is 2. The molecule has 0 saturated heterocycles. The predicted molar refractivity (Wildman–Crippen MR) is 76.0 cm³/mol. The van der Waals surface area contributed by atoms with Crippen LogP contribution < -0.4 is 4.74 Å². The topological polar surface area (TPSA) is 36.3 Å². The van der Waals surface area contributed by atoms with Crippen molar-refractivity contribution in [3.05, 3.63) is 29.3 Å². The molecule has 2 rings (SSSR count). The number of nitriles is 1. The number of hydrogen-bond acceptors (Lipinski definition) is 3. The molecule has 0 aromatic heterocycles. The van der Waals surface area contributed by atoms with Gasteiger partial charge in [0.05, 0.1) is 18.6 Å². The largest absolute Gasteiger partial charge is 0.493 e. The van der Waals surface area contributed by atoms with Crippen molar-refractivity contribution >= 4 is 0 Å². The normalized spacial score (nSPS) is 15.5. The molecule has 0 aliphatic carbocycles. The molecule has 1 aliphatic rings. The highest BCUT2D eigenvalue weighted by molar-refractivity contribution is 5.38. The molecular formula is C16H22N2O. The van der Waals surface area contributed by atoms with E-state index in [1.54, 1.807) is 0 Å². The maximum absolute atomic E-state index is 9.01. The van der Waals surface area contributed by atoms with Gasteiger partial charge in [0.2, 0.25) is 0 Å². The Morgan fingerprint density at radius 3 is 3.05 bits per heavy atom. The van der Waals surface area contributed by atoms with Crippen molar-refractivity contribution in [2.24, 2.45) is 5.92 Å². The molecule has 0 N–H and O–H groups in total. The summed E-state index contributed by atoms with van der Waals surface area (Å²) in [4.78, 5) is 2.22. The first-order valence-corrected chi connectivity index (χ1v) is 7.05. The van der Waals surface area contributed by atoms with Crippen molar-refractivity contribution < 1.29 is 4.74 Å². The minimum atomic E-state index is 0.131. The number of rotatable bonds is 5. The molecule has 3 nitrogen and oxygen atoms in total. The summed E-state index contributed by atoms with van der Waals surface area (Å²) < 4.78 is 5.63.